The van der Waals surface area contributed by atoms with E-state index in [2.05, 4.69) is 9.97 Å². The topological polar surface area (TPSA) is 29.0 Å². The van der Waals surface area contributed by atoms with Gasteiger partial charge in [-0.3, -0.25) is 0 Å². The van der Waals surface area contributed by atoms with Gasteiger partial charge in [0.2, 0.25) is 0 Å². The maximum atomic E-state index is 12.9. The van der Waals surface area contributed by atoms with Gasteiger partial charge in [-0.1, -0.05) is 18.2 Å². The second-order valence-corrected chi connectivity index (χ2v) is 6.20. The van der Waals surface area contributed by atoms with E-state index in [1.165, 1.54) is 12.1 Å². The van der Waals surface area contributed by atoms with Gasteiger partial charge in [0.05, 0.1) is 5.56 Å². The molecule has 25 heavy (non-hydrogen) atoms. The van der Waals surface area contributed by atoms with Gasteiger partial charge in [-0.05, 0) is 42.7 Å². The summed E-state index contributed by atoms with van der Waals surface area (Å²) in [6, 6.07) is 9.29. The number of nitrogens with zero attached hydrogens (tertiary/aromatic N) is 3. The lowest BCUT2D eigenvalue weighted by atomic mass is 10.0. The predicted octanol–water partition coefficient (Wildman–Crippen LogP) is 4.61. The van der Waals surface area contributed by atoms with E-state index in [4.69, 9.17) is 0 Å². The molecule has 0 fully saturated rings. The van der Waals surface area contributed by atoms with E-state index in [1.807, 2.05) is 38.1 Å². The number of hydrogen-bond acceptors (Lipinski definition) is 3. The monoisotopic (exact) mass is 345 g/mol. The summed E-state index contributed by atoms with van der Waals surface area (Å²) < 4.78 is 38.7. The molecule has 0 saturated carbocycles. The number of rotatable bonds is 3. The van der Waals surface area contributed by atoms with Crippen molar-refractivity contribution in [2.24, 2.45) is 0 Å². The Morgan fingerprint density at radius 3 is 2.52 bits per heavy atom. The van der Waals surface area contributed by atoms with E-state index in [-0.39, 0.29) is 0 Å². The van der Waals surface area contributed by atoms with Crippen molar-refractivity contribution >= 4 is 16.7 Å². The van der Waals surface area contributed by atoms with Gasteiger partial charge in [-0.2, -0.15) is 13.2 Å². The number of anilines is 1. The first kappa shape index (κ1) is 17.2. The van der Waals surface area contributed by atoms with Crippen LogP contribution in [0.25, 0.3) is 11.0 Å². The van der Waals surface area contributed by atoms with E-state index in [0.29, 0.717) is 17.6 Å². The minimum Gasteiger partial charge on any atom is -0.377 e. The molecule has 3 rings (SSSR count). The van der Waals surface area contributed by atoms with Crippen molar-refractivity contribution in [3.8, 4) is 0 Å². The number of aryl methyl sites for hydroxylation is 1. The van der Waals surface area contributed by atoms with E-state index in [9.17, 15) is 13.2 Å². The highest BCUT2D eigenvalue weighted by atomic mass is 19.4. The zero-order valence-electron chi connectivity index (χ0n) is 14.2. The van der Waals surface area contributed by atoms with Gasteiger partial charge in [0.15, 0.2) is 5.65 Å². The van der Waals surface area contributed by atoms with Crippen LogP contribution in [-0.2, 0) is 12.6 Å². The van der Waals surface area contributed by atoms with Crippen LogP contribution < -0.4 is 4.90 Å². The van der Waals surface area contributed by atoms with Crippen LogP contribution in [0.3, 0.4) is 0 Å². The van der Waals surface area contributed by atoms with E-state index >= 15 is 0 Å². The van der Waals surface area contributed by atoms with Gasteiger partial charge < -0.3 is 4.90 Å². The second-order valence-electron chi connectivity index (χ2n) is 6.20. The average molecular weight is 345 g/mol. The van der Waals surface area contributed by atoms with Crippen molar-refractivity contribution < 1.29 is 13.2 Å². The molecule has 0 aliphatic heterocycles. The Morgan fingerprint density at radius 2 is 1.84 bits per heavy atom. The first-order chi connectivity index (χ1) is 11.8. The lowest BCUT2D eigenvalue weighted by molar-refractivity contribution is -0.137. The van der Waals surface area contributed by atoms with Crippen LogP contribution in [-0.4, -0.2) is 24.1 Å². The van der Waals surface area contributed by atoms with Crippen LogP contribution in [0.5, 0.6) is 0 Å². The second kappa shape index (κ2) is 6.35. The van der Waals surface area contributed by atoms with Crippen LogP contribution in [0.1, 0.15) is 22.4 Å². The quantitative estimate of drug-likeness (QED) is 0.694. The number of pyridine rings is 2. The van der Waals surface area contributed by atoms with Crippen molar-refractivity contribution in [3.05, 3.63) is 65.0 Å². The minimum absolute atomic E-state index is 0.389. The van der Waals surface area contributed by atoms with E-state index in [1.54, 1.807) is 12.3 Å². The molecule has 0 atom stereocenters. The van der Waals surface area contributed by atoms with Crippen LogP contribution in [0.4, 0.5) is 18.9 Å². The van der Waals surface area contributed by atoms with Gasteiger partial charge in [0.25, 0.3) is 0 Å². The molecule has 0 bridgehead atoms. The van der Waals surface area contributed by atoms with Crippen molar-refractivity contribution in [3.63, 3.8) is 0 Å². The standard InChI is InChI=1S/C19H18F3N3/c1-12-14(9-13-5-4-6-15(10-13)19(20,21)22)11-16-17(25(2)3)7-8-23-18(16)24-12/h4-8,10-11H,9H2,1-3H3. The van der Waals surface area contributed by atoms with Gasteiger partial charge in [-0.15, -0.1) is 0 Å². The van der Waals surface area contributed by atoms with Crippen molar-refractivity contribution in [1.29, 1.82) is 0 Å². The molecule has 2 heterocycles. The highest BCUT2D eigenvalue weighted by Crippen LogP contribution is 2.31. The summed E-state index contributed by atoms with van der Waals surface area (Å²) in [5.74, 6) is 0. The van der Waals surface area contributed by atoms with Crippen molar-refractivity contribution in [2.75, 3.05) is 19.0 Å². The number of hydrogen-bond donors (Lipinski definition) is 0. The lowest BCUT2D eigenvalue weighted by Crippen LogP contribution is -2.10. The molecule has 0 aliphatic carbocycles. The largest absolute Gasteiger partial charge is 0.416 e. The van der Waals surface area contributed by atoms with Crippen LogP contribution in [0, 0.1) is 6.92 Å². The SMILES string of the molecule is Cc1nc2nccc(N(C)C)c2cc1Cc1cccc(C(F)(F)F)c1. The molecule has 0 amide bonds. The van der Waals surface area contributed by atoms with Crippen LogP contribution >= 0.6 is 0 Å². The Kier molecular flexibility index (Phi) is 4.37. The van der Waals surface area contributed by atoms with Crippen LogP contribution in [0.15, 0.2) is 42.6 Å². The fraction of sp³-hybridized carbons (Fsp3) is 0.263. The average Bonchev–Trinajstić information content (AvgIpc) is 2.54. The molecule has 1 aromatic carbocycles. The third-order valence-corrected chi connectivity index (χ3v) is 4.13. The minimum atomic E-state index is -4.34. The fourth-order valence-corrected chi connectivity index (χ4v) is 2.84. The zero-order chi connectivity index (χ0) is 18.2. The fourth-order valence-electron chi connectivity index (χ4n) is 2.84. The van der Waals surface area contributed by atoms with Gasteiger partial charge in [0.1, 0.15) is 0 Å². The number of halogens is 3. The Labute approximate surface area is 144 Å². The lowest BCUT2D eigenvalue weighted by Gasteiger charge is -2.16. The highest BCUT2D eigenvalue weighted by Gasteiger charge is 2.30. The molecule has 0 saturated heterocycles. The number of benzene rings is 1. The summed E-state index contributed by atoms with van der Waals surface area (Å²) in [4.78, 5) is 10.8. The summed E-state index contributed by atoms with van der Waals surface area (Å²) in [5, 5.41) is 0.889. The maximum Gasteiger partial charge on any atom is 0.416 e. The van der Waals surface area contributed by atoms with Gasteiger partial charge in [-0.25, -0.2) is 9.97 Å². The molecule has 0 N–H and O–H groups in total. The number of aromatic nitrogens is 2. The van der Waals surface area contributed by atoms with Crippen LogP contribution in [0.2, 0.25) is 0 Å². The Balaban J connectivity index is 2.05. The molecule has 0 radical (unpaired) electrons. The van der Waals surface area contributed by atoms with E-state index in [0.717, 1.165) is 28.4 Å². The Bertz CT molecular complexity index is 917. The van der Waals surface area contributed by atoms with Crippen molar-refractivity contribution in [2.45, 2.75) is 19.5 Å². The molecule has 130 valence electrons. The molecule has 3 aromatic rings. The molecule has 2 aromatic heterocycles. The van der Waals surface area contributed by atoms with Gasteiger partial charge >= 0.3 is 6.18 Å². The third kappa shape index (κ3) is 3.57. The summed E-state index contributed by atoms with van der Waals surface area (Å²) in [6.45, 7) is 1.85. The first-order valence-electron chi connectivity index (χ1n) is 7.84. The number of alkyl halides is 3. The summed E-state index contributed by atoms with van der Waals surface area (Å²) in [5.41, 5.74) is 3.25. The molecule has 3 nitrogen and oxygen atoms in total. The summed E-state index contributed by atoms with van der Waals surface area (Å²) in [7, 11) is 3.86. The van der Waals surface area contributed by atoms with Gasteiger partial charge in [0, 0.05) is 37.1 Å². The maximum absolute atomic E-state index is 12.9. The smallest absolute Gasteiger partial charge is 0.377 e. The Morgan fingerprint density at radius 1 is 1.08 bits per heavy atom. The predicted molar refractivity (Wildman–Crippen MR) is 92.9 cm³/mol. The summed E-state index contributed by atoms with van der Waals surface area (Å²) in [6.07, 6.45) is -2.24. The molecule has 6 heteroatoms. The molecule has 0 aliphatic rings. The number of fused-ring (bicyclic) bond motifs is 1. The first-order valence-corrected chi connectivity index (χ1v) is 7.84. The molecule has 0 unspecified atom stereocenters. The zero-order valence-corrected chi connectivity index (χ0v) is 14.2. The third-order valence-electron chi connectivity index (χ3n) is 4.13. The normalized spacial score (nSPS) is 11.8. The highest BCUT2D eigenvalue weighted by molar-refractivity contribution is 5.89. The summed E-state index contributed by atoms with van der Waals surface area (Å²) >= 11 is 0. The van der Waals surface area contributed by atoms with Crippen molar-refractivity contribution in [1.82, 2.24) is 9.97 Å². The molecular formula is C19H18F3N3. The molecule has 0 spiro atoms. The molecular weight excluding hydrogens is 327 g/mol. The Hall–Kier alpha value is -2.63. The van der Waals surface area contributed by atoms with E-state index < -0.39 is 11.7 Å².